The van der Waals surface area contributed by atoms with Crippen molar-refractivity contribution in [3.63, 3.8) is 0 Å². The number of carbonyl (C=O) groups excluding carboxylic acids is 1. The van der Waals surface area contributed by atoms with E-state index in [2.05, 4.69) is 11.4 Å². The predicted molar refractivity (Wildman–Crippen MR) is 138 cm³/mol. The van der Waals surface area contributed by atoms with Crippen LogP contribution in [0.4, 0.5) is 5.69 Å². The highest BCUT2D eigenvalue weighted by molar-refractivity contribution is 15.1. The lowest BCUT2D eigenvalue weighted by atomic mass is 9.94. The lowest BCUT2D eigenvalue weighted by Gasteiger charge is -2.17. The molecule has 5 unspecified atom stereocenters. The van der Waals surface area contributed by atoms with Crippen molar-refractivity contribution in [2.45, 2.75) is 31.3 Å². The van der Waals surface area contributed by atoms with Gasteiger partial charge in [0.1, 0.15) is 5.92 Å². The Balaban J connectivity index is 1.34. The molecule has 0 bridgehead atoms. The van der Waals surface area contributed by atoms with Gasteiger partial charge >= 0.3 is 0 Å². The van der Waals surface area contributed by atoms with E-state index in [0.717, 1.165) is 48.5 Å². The number of benzene rings is 1. The van der Waals surface area contributed by atoms with Crippen LogP contribution < -0.4 is 10.2 Å². The highest BCUT2D eigenvalue weighted by Crippen LogP contribution is 2.45. The number of ether oxygens (including phenoxy) is 1. The van der Waals surface area contributed by atoms with Crippen LogP contribution >= 0.6 is 33.8 Å². The summed E-state index contributed by atoms with van der Waals surface area (Å²) >= 11 is -0.498. The maximum Gasteiger partial charge on any atom is 0.238 e. The second-order valence-electron chi connectivity index (χ2n) is 8.55. The molecular weight excluding hydrogens is 636 g/mol. The van der Waals surface area contributed by atoms with Crippen molar-refractivity contribution < 1.29 is 19.5 Å². The van der Waals surface area contributed by atoms with Crippen molar-refractivity contribution in [2.75, 3.05) is 25.6 Å². The third-order valence-electron chi connectivity index (χ3n) is 6.55. The Hall–Kier alpha value is -1.40. The van der Waals surface area contributed by atoms with Gasteiger partial charge in [-0.3, -0.25) is 9.69 Å². The van der Waals surface area contributed by atoms with Crippen LogP contribution in [0.2, 0.25) is 0 Å². The largest absolute Gasteiger partial charge is 0.393 e. The molecule has 32 heavy (non-hydrogen) atoms. The summed E-state index contributed by atoms with van der Waals surface area (Å²) in [6.45, 7) is 1.58. The molecule has 10 heteroatoms. The van der Waals surface area contributed by atoms with Gasteiger partial charge in [0.2, 0.25) is 9.54 Å². The number of aliphatic hydroxyl groups is 1. The minimum absolute atomic E-state index is 0.0856. The lowest BCUT2D eigenvalue weighted by Crippen LogP contribution is -3.12. The van der Waals surface area contributed by atoms with Crippen LogP contribution in [0.25, 0.3) is 0 Å². The minimum atomic E-state index is -0.483. The number of halogens is 2. The molecule has 5 rings (SSSR count). The van der Waals surface area contributed by atoms with Crippen molar-refractivity contribution in [1.82, 2.24) is 0 Å². The fraction of sp³-hybridized carbons (Fsp3) is 0.455. The molecule has 0 radical (unpaired) electrons. The number of hydrogen-bond acceptors (Lipinski definition) is 6. The zero-order valence-corrected chi connectivity index (χ0v) is 21.8. The quantitative estimate of drug-likeness (QED) is 0.407. The van der Waals surface area contributed by atoms with Gasteiger partial charge in [0.25, 0.3) is 0 Å². The number of hydrogen-bond donors (Lipinski definition) is 3. The Kier molecular flexibility index (Phi) is 6.62. The SMILES string of the molecule is COCC1CC(CC[NH+]2C=NC3=C(C4C(=O)Nc5ccc(C#N)cc54)N=II=C32)CC1O. The number of fused-ring (bicyclic) bond motifs is 2. The summed E-state index contributed by atoms with van der Waals surface area (Å²) in [5, 5.41) is 22.5. The molecule has 1 aliphatic carbocycles. The monoisotopic (exact) mass is 660 g/mol. The molecule has 5 atom stereocenters. The van der Waals surface area contributed by atoms with Gasteiger partial charge in [0.15, 0.2) is 12.0 Å². The molecule has 3 aliphatic heterocycles. The Morgan fingerprint density at radius 1 is 1.41 bits per heavy atom. The third kappa shape index (κ3) is 4.13. The van der Waals surface area contributed by atoms with Gasteiger partial charge in [-0.05, 0) is 42.5 Å². The molecule has 4 aliphatic rings. The van der Waals surface area contributed by atoms with Gasteiger partial charge in [0, 0.05) is 41.9 Å². The molecule has 8 nitrogen and oxygen atoms in total. The van der Waals surface area contributed by atoms with E-state index in [0.29, 0.717) is 18.1 Å². The number of nitrogens with zero attached hydrogens (tertiary/aromatic N) is 3. The van der Waals surface area contributed by atoms with E-state index < -0.39 is 5.92 Å². The molecule has 1 aromatic rings. The predicted octanol–water partition coefficient (Wildman–Crippen LogP) is 2.34. The Labute approximate surface area is 202 Å². The first-order chi connectivity index (χ1) is 15.6. The Bertz CT molecular complexity index is 1120. The van der Waals surface area contributed by atoms with E-state index >= 15 is 0 Å². The molecule has 1 aromatic carbocycles. The van der Waals surface area contributed by atoms with Gasteiger partial charge in [-0.2, -0.15) is 10.3 Å². The number of nitrogens with one attached hydrogen (secondary N) is 2. The number of methoxy groups -OCH3 is 1. The summed E-state index contributed by atoms with van der Waals surface area (Å²) < 4.78 is 11.5. The normalized spacial score (nSPS) is 30.7. The number of aliphatic imine (C=N–C) groups is 1. The number of aliphatic hydroxyl groups excluding tert-OH is 1. The van der Waals surface area contributed by atoms with E-state index in [1.807, 2.05) is 6.34 Å². The highest BCUT2D eigenvalue weighted by Gasteiger charge is 2.41. The number of quaternary nitrogens is 1. The number of anilines is 1. The van der Waals surface area contributed by atoms with Crippen LogP contribution in [0.1, 0.15) is 36.3 Å². The number of nitriles is 1. The summed E-state index contributed by atoms with van der Waals surface area (Å²) in [5.74, 6) is 0.186. The molecule has 1 saturated carbocycles. The lowest BCUT2D eigenvalue weighted by molar-refractivity contribution is -0.687. The molecule has 1 fully saturated rings. The van der Waals surface area contributed by atoms with Crippen molar-refractivity contribution in [2.24, 2.45) is 20.0 Å². The standard InChI is InChI=1S/C22H23I2N5O3/c1-32-10-14-6-12(8-17(14)30)4-5-29-11-26-20-19(28-24-23-21(20)29)18-15-7-13(9-25)2-3-16(15)27-22(18)31/h2-3,7,11-12,14,17-18,30H,4-6,8,10H2,1H3,(H,27,31)/p+1. The summed E-state index contributed by atoms with van der Waals surface area (Å²) in [4.78, 5) is 18.9. The molecular formula is C22H24I2N5O3+. The van der Waals surface area contributed by atoms with Crippen molar-refractivity contribution in [3.05, 3.63) is 40.7 Å². The smallest absolute Gasteiger partial charge is 0.238 e. The fourth-order valence-corrected chi connectivity index (χ4v) is 13.4. The van der Waals surface area contributed by atoms with Gasteiger partial charge in [-0.25, -0.2) is 3.15 Å². The molecule has 3 N–H and O–H groups in total. The van der Waals surface area contributed by atoms with Crippen LogP contribution in [0.3, 0.4) is 0 Å². The van der Waals surface area contributed by atoms with E-state index in [1.54, 1.807) is 25.3 Å². The molecule has 1 amide bonds. The van der Waals surface area contributed by atoms with Crippen LogP contribution in [-0.2, 0) is 9.53 Å². The van der Waals surface area contributed by atoms with Gasteiger partial charge in [-0.1, -0.05) is 0 Å². The topological polar surface area (TPSA) is 112 Å². The zero-order chi connectivity index (χ0) is 22.2. The molecule has 0 aromatic heterocycles. The van der Waals surface area contributed by atoms with Gasteiger partial charge in [0.05, 0.1) is 53.6 Å². The maximum atomic E-state index is 12.8. The molecule has 168 valence electrons. The summed E-state index contributed by atoms with van der Waals surface area (Å²) in [7, 11) is 1.69. The Morgan fingerprint density at radius 3 is 3.09 bits per heavy atom. The second kappa shape index (κ2) is 9.46. The third-order valence-corrected chi connectivity index (χ3v) is 14.2. The summed E-state index contributed by atoms with van der Waals surface area (Å²) in [6, 6.07) is 7.49. The van der Waals surface area contributed by atoms with Crippen LogP contribution in [0.5, 0.6) is 0 Å². The molecule has 0 spiro atoms. The fourth-order valence-electron chi connectivity index (χ4n) is 4.95. The summed E-state index contributed by atoms with van der Waals surface area (Å²) in [6.07, 6.45) is 4.62. The average Bonchev–Trinajstić information content (AvgIpc) is 3.46. The summed E-state index contributed by atoms with van der Waals surface area (Å²) in [5.41, 5.74) is 3.83. The molecule has 3 heterocycles. The number of amides is 1. The van der Waals surface area contributed by atoms with Gasteiger partial charge < -0.3 is 15.2 Å². The van der Waals surface area contributed by atoms with E-state index in [-0.39, 0.29) is 51.7 Å². The highest BCUT2D eigenvalue weighted by atomic mass is 128. The van der Waals surface area contributed by atoms with Crippen LogP contribution in [0, 0.1) is 23.2 Å². The number of rotatable bonds is 6. The van der Waals surface area contributed by atoms with E-state index in [1.165, 1.54) is 8.53 Å². The van der Waals surface area contributed by atoms with Crippen molar-refractivity contribution in [3.8, 4) is 6.07 Å². The van der Waals surface area contributed by atoms with Crippen LogP contribution in [0.15, 0.2) is 37.7 Å². The number of carbonyl (C=O) groups is 1. The first-order valence-corrected chi connectivity index (χ1v) is 18.9. The minimum Gasteiger partial charge on any atom is -0.393 e. The zero-order valence-electron chi connectivity index (χ0n) is 17.5. The van der Waals surface area contributed by atoms with Crippen molar-refractivity contribution >= 4 is 55.4 Å². The first-order valence-electron chi connectivity index (χ1n) is 10.6. The maximum absolute atomic E-state index is 12.8. The Morgan fingerprint density at radius 2 is 2.28 bits per heavy atom. The van der Waals surface area contributed by atoms with E-state index in [4.69, 9.17) is 12.9 Å². The van der Waals surface area contributed by atoms with Gasteiger partial charge in [-0.15, -0.1) is 0 Å². The molecule has 0 saturated heterocycles. The van der Waals surface area contributed by atoms with E-state index in [9.17, 15) is 15.2 Å². The second-order valence-corrected chi connectivity index (χ2v) is 16.1. The van der Waals surface area contributed by atoms with Crippen molar-refractivity contribution in [1.29, 1.82) is 5.26 Å². The average molecular weight is 660 g/mol. The van der Waals surface area contributed by atoms with Crippen LogP contribution in [-0.4, -0.2) is 47.4 Å². The first kappa shape index (κ1) is 22.4.